The van der Waals surface area contributed by atoms with Gasteiger partial charge in [-0.1, -0.05) is 24.8 Å². The quantitative estimate of drug-likeness (QED) is 0.762. The minimum atomic E-state index is 0.420. The van der Waals surface area contributed by atoms with Gasteiger partial charge in [-0.25, -0.2) is 0 Å². The Morgan fingerprint density at radius 1 is 1.41 bits per heavy atom. The molecule has 0 bridgehead atoms. The van der Waals surface area contributed by atoms with E-state index in [-0.39, 0.29) is 0 Å². The molecule has 1 N–H and O–H groups in total. The number of anilines is 1. The van der Waals surface area contributed by atoms with Gasteiger partial charge in [0.15, 0.2) is 5.17 Å². The summed E-state index contributed by atoms with van der Waals surface area (Å²) in [6.45, 7) is 6.57. The molecule has 0 fully saturated rings. The predicted octanol–water partition coefficient (Wildman–Crippen LogP) is 4.14. The lowest BCUT2D eigenvalue weighted by Gasteiger charge is -2.23. The van der Waals surface area contributed by atoms with E-state index in [0.717, 1.165) is 16.6 Å². The van der Waals surface area contributed by atoms with E-state index in [1.165, 1.54) is 9.13 Å². The van der Waals surface area contributed by atoms with Gasteiger partial charge in [-0.3, -0.25) is 4.99 Å². The predicted molar refractivity (Wildman–Crippen MR) is 86.0 cm³/mol. The second-order valence-electron chi connectivity index (χ2n) is 4.55. The average molecular weight is 360 g/mol. The molecule has 1 heterocycles. The highest BCUT2D eigenvalue weighted by molar-refractivity contribution is 14.1. The molecule has 0 saturated carbocycles. The molecular weight excluding hydrogens is 343 g/mol. The largest absolute Gasteiger partial charge is 0.335 e. The molecule has 1 aromatic carbocycles. The number of rotatable bonds is 1. The third kappa shape index (κ3) is 3.37. The van der Waals surface area contributed by atoms with Gasteiger partial charge in [-0.15, -0.1) is 0 Å². The van der Waals surface area contributed by atoms with Crippen LogP contribution in [0.15, 0.2) is 23.2 Å². The van der Waals surface area contributed by atoms with Crippen molar-refractivity contribution >= 4 is 45.2 Å². The molecule has 1 aliphatic heterocycles. The normalized spacial score (nSPS) is 24.4. The zero-order chi connectivity index (χ0) is 12.4. The van der Waals surface area contributed by atoms with Crippen molar-refractivity contribution in [2.24, 2.45) is 10.9 Å². The second kappa shape index (κ2) is 5.61. The first-order valence-electron chi connectivity index (χ1n) is 5.80. The fraction of sp³-hybridized carbons (Fsp3) is 0.462. The van der Waals surface area contributed by atoms with Crippen LogP contribution < -0.4 is 5.32 Å². The topological polar surface area (TPSA) is 24.4 Å². The maximum atomic E-state index is 4.68. The van der Waals surface area contributed by atoms with E-state index in [1.807, 2.05) is 11.8 Å². The van der Waals surface area contributed by atoms with Gasteiger partial charge >= 0.3 is 0 Å². The molecule has 17 heavy (non-hydrogen) atoms. The van der Waals surface area contributed by atoms with Crippen LogP contribution in [0.5, 0.6) is 0 Å². The van der Waals surface area contributed by atoms with Crippen molar-refractivity contribution in [3.63, 3.8) is 0 Å². The first-order chi connectivity index (χ1) is 8.06. The number of halogens is 1. The van der Waals surface area contributed by atoms with E-state index < -0.39 is 0 Å². The van der Waals surface area contributed by atoms with Gasteiger partial charge in [0.05, 0.1) is 6.04 Å². The summed E-state index contributed by atoms with van der Waals surface area (Å²) in [5.41, 5.74) is 2.45. The summed E-state index contributed by atoms with van der Waals surface area (Å²) in [7, 11) is 0. The highest BCUT2D eigenvalue weighted by atomic mass is 127. The van der Waals surface area contributed by atoms with E-state index in [0.29, 0.717) is 12.0 Å². The summed E-state index contributed by atoms with van der Waals surface area (Å²) in [5.74, 6) is 1.82. The summed E-state index contributed by atoms with van der Waals surface area (Å²) in [6, 6.07) is 6.85. The lowest BCUT2D eigenvalue weighted by molar-refractivity contribution is 0.537. The Kier molecular flexibility index (Phi) is 4.36. The van der Waals surface area contributed by atoms with E-state index in [1.54, 1.807) is 0 Å². The lowest BCUT2D eigenvalue weighted by Crippen LogP contribution is -2.25. The van der Waals surface area contributed by atoms with E-state index in [9.17, 15) is 0 Å². The Morgan fingerprint density at radius 3 is 2.82 bits per heavy atom. The van der Waals surface area contributed by atoms with Crippen LogP contribution in [-0.2, 0) is 0 Å². The summed E-state index contributed by atoms with van der Waals surface area (Å²) in [4.78, 5) is 4.68. The SMILES string of the molecule is Cc1ccc(NC2=NC(C)C(C)CS2)cc1I. The Labute approximate surface area is 121 Å². The molecule has 92 valence electrons. The third-order valence-corrected chi connectivity index (χ3v) is 5.39. The molecule has 0 aromatic heterocycles. The molecule has 0 amide bonds. The minimum absolute atomic E-state index is 0.420. The van der Waals surface area contributed by atoms with Gasteiger partial charge in [0.1, 0.15) is 0 Å². The van der Waals surface area contributed by atoms with Crippen molar-refractivity contribution in [2.75, 3.05) is 11.1 Å². The monoisotopic (exact) mass is 360 g/mol. The van der Waals surface area contributed by atoms with Crippen molar-refractivity contribution < 1.29 is 0 Å². The smallest absolute Gasteiger partial charge is 0.161 e. The molecule has 0 saturated heterocycles. The van der Waals surface area contributed by atoms with Crippen LogP contribution in [0.4, 0.5) is 5.69 Å². The molecule has 4 heteroatoms. The van der Waals surface area contributed by atoms with Crippen molar-refractivity contribution in [3.05, 3.63) is 27.3 Å². The number of nitrogens with one attached hydrogen (secondary N) is 1. The highest BCUT2D eigenvalue weighted by Gasteiger charge is 2.19. The minimum Gasteiger partial charge on any atom is -0.335 e. The number of hydrogen-bond donors (Lipinski definition) is 1. The Hall–Kier alpha value is -0.230. The molecular formula is C13H17IN2S. The number of hydrogen-bond acceptors (Lipinski definition) is 3. The molecule has 0 aliphatic carbocycles. The summed E-state index contributed by atoms with van der Waals surface area (Å²) < 4.78 is 1.29. The molecule has 2 nitrogen and oxygen atoms in total. The van der Waals surface area contributed by atoms with Crippen LogP contribution in [0.3, 0.4) is 0 Å². The van der Waals surface area contributed by atoms with Crippen molar-refractivity contribution in [2.45, 2.75) is 26.8 Å². The zero-order valence-electron chi connectivity index (χ0n) is 10.3. The lowest BCUT2D eigenvalue weighted by atomic mass is 10.1. The van der Waals surface area contributed by atoms with Crippen molar-refractivity contribution in [1.82, 2.24) is 0 Å². The maximum absolute atomic E-state index is 4.68. The van der Waals surface area contributed by atoms with Crippen LogP contribution >= 0.6 is 34.4 Å². The van der Waals surface area contributed by atoms with Gasteiger partial charge < -0.3 is 5.32 Å². The number of aliphatic imine (C=N–C) groups is 1. The second-order valence-corrected chi connectivity index (χ2v) is 6.72. The van der Waals surface area contributed by atoms with Crippen LogP contribution in [0.2, 0.25) is 0 Å². The summed E-state index contributed by atoms with van der Waals surface area (Å²) in [6.07, 6.45) is 0. The van der Waals surface area contributed by atoms with Crippen molar-refractivity contribution in [3.8, 4) is 0 Å². The first kappa shape index (κ1) is 13.2. The number of aryl methyl sites for hydroxylation is 1. The molecule has 0 radical (unpaired) electrons. The molecule has 2 rings (SSSR count). The van der Waals surface area contributed by atoms with Gasteiger partial charge in [0, 0.05) is 15.0 Å². The Balaban J connectivity index is 2.11. The van der Waals surface area contributed by atoms with Crippen LogP contribution in [0.1, 0.15) is 19.4 Å². The number of benzene rings is 1. The maximum Gasteiger partial charge on any atom is 0.161 e. The van der Waals surface area contributed by atoms with Gasteiger partial charge in [-0.2, -0.15) is 0 Å². The molecule has 1 aromatic rings. The van der Waals surface area contributed by atoms with E-state index in [2.05, 4.69) is 71.9 Å². The van der Waals surface area contributed by atoms with E-state index >= 15 is 0 Å². The number of amidine groups is 1. The first-order valence-corrected chi connectivity index (χ1v) is 7.86. The molecule has 2 unspecified atom stereocenters. The standard InChI is InChI=1S/C13H17IN2S/c1-8-4-5-11(6-12(8)14)16-13-15-10(3)9(2)7-17-13/h4-6,9-10H,7H2,1-3H3,(H,15,16). The summed E-state index contributed by atoms with van der Waals surface area (Å²) >= 11 is 4.18. The molecule has 2 atom stereocenters. The van der Waals surface area contributed by atoms with Crippen LogP contribution in [0.25, 0.3) is 0 Å². The van der Waals surface area contributed by atoms with Crippen LogP contribution in [-0.4, -0.2) is 17.0 Å². The fourth-order valence-electron chi connectivity index (χ4n) is 1.56. The molecule has 1 aliphatic rings. The van der Waals surface area contributed by atoms with Gasteiger partial charge in [-0.05, 0) is 60.1 Å². The van der Waals surface area contributed by atoms with Gasteiger partial charge in [0.2, 0.25) is 0 Å². The number of nitrogens with zero attached hydrogens (tertiary/aromatic N) is 1. The zero-order valence-corrected chi connectivity index (χ0v) is 13.3. The Bertz CT molecular complexity index is 445. The Morgan fingerprint density at radius 2 is 2.18 bits per heavy atom. The third-order valence-electron chi connectivity index (χ3n) is 3.05. The molecule has 0 spiro atoms. The van der Waals surface area contributed by atoms with Gasteiger partial charge in [0.25, 0.3) is 0 Å². The summed E-state index contributed by atoms with van der Waals surface area (Å²) in [5, 5.41) is 4.46. The fourth-order valence-corrected chi connectivity index (χ4v) is 3.21. The van der Waals surface area contributed by atoms with Crippen molar-refractivity contribution in [1.29, 1.82) is 0 Å². The van der Waals surface area contributed by atoms with Crippen LogP contribution in [0, 0.1) is 16.4 Å². The number of thioether (sulfide) groups is 1. The highest BCUT2D eigenvalue weighted by Crippen LogP contribution is 2.24. The average Bonchev–Trinajstić information content (AvgIpc) is 2.29. The van der Waals surface area contributed by atoms with E-state index in [4.69, 9.17) is 0 Å².